The molecule has 2 amide bonds. The molecular weight excluding hydrogens is 340 g/mol. The van der Waals surface area contributed by atoms with Gasteiger partial charge in [0.2, 0.25) is 5.91 Å². The summed E-state index contributed by atoms with van der Waals surface area (Å²) in [7, 11) is 0. The van der Waals surface area contributed by atoms with Crippen molar-refractivity contribution in [2.24, 2.45) is 10.8 Å². The van der Waals surface area contributed by atoms with Gasteiger partial charge in [0.25, 0.3) is 0 Å². The van der Waals surface area contributed by atoms with Crippen LogP contribution in [0.3, 0.4) is 0 Å². The molecule has 0 aromatic carbocycles. The standard InChI is InChI=1S/C22H42N2O3/c1-5-6-7-8-9-10-11-12-13-23-19(25)16-22(4)15-18(24-20(26)27)14-21(2,3)17-22/h18,24H,5-17H2,1-4H3,(H,23,25)(H,26,27). The van der Waals surface area contributed by atoms with Crippen LogP contribution in [0.15, 0.2) is 0 Å². The van der Waals surface area contributed by atoms with E-state index in [0.29, 0.717) is 6.42 Å². The number of unbranched alkanes of at least 4 members (excludes halogenated alkanes) is 7. The predicted molar refractivity (Wildman–Crippen MR) is 111 cm³/mol. The second-order valence-corrected chi connectivity index (χ2v) is 9.71. The summed E-state index contributed by atoms with van der Waals surface area (Å²) in [6.07, 6.45) is 12.1. The van der Waals surface area contributed by atoms with Gasteiger partial charge < -0.3 is 15.7 Å². The largest absolute Gasteiger partial charge is 0.465 e. The zero-order valence-corrected chi connectivity index (χ0v) is 18.0. The normalized spacial score (nSPS) is 24.4. The van der Waals surface area contributed by atoms with Crippen LogP contribution in [-0.2, 0) is 4.79 Å². The molecule has 0 spiro atoms. The van der Waals surface area contributed by atoms with Crippen molar-refractivity contribution in [3.8, 4) is 0 Å². The lowest BCUT2D eigenvalue weighted by Gasteiger charge is -2.46. The van der Waals surface area contributed by atoms with Crippen LogP contribution < -0.4 is 10.6 Å². The van der Waals surface area contributed by atoms with Crippen LogP contribution in [0.5, 0.6) is 0 Å². The summed E-state index contributed by atoms with van der Waals surface area (Å²) in [6.45, 7) is 9.45. The quantitative estimate of drug-likeness (QED) is 0.391. The van der Waals surface area contributed by atoms with Gasteiger partial charge in [0.1, 0.15) is 0 Å². The highest BCUT2D eigenvalue weighted by Gasteiger charge is 2.42. The molecule has 0 saturated heterocycles. The van der Waals surface area contributed by atoms with Gasteiger partial charge in [0.15, 0.2) is 0 Å². The maximum absolute atomic E-state index is 12.4. The highest BCUT2D eigenvalue weighted by molar-refractivity contribution is 5.76. The Bertz CT molecular complexity index is 464. The van der Waals surface area contributed by atoms with Crippen molar-refractivity contribution >= 4 is 12.0 Å². The number of carbonyl (C=O) groups excluding carboxylic acids is 1. The van der Waals surface area contributed by atoms with E-state index in [1.54, 1.807) is 0 Å². The number of carboxylic acid groups (broad SMARTS) is 1. The summed E-state index contributed by atoms with van der Waals surface area (Å²) in [5.41, 5.74) is -0.115. The first-order chi connectivity index (χ1) is 12.7. The van der Waals surface area contributed by atoms with Gasteiger partial charge in [-0.05, 0) is 36.5 Å². The number of carbonyl (C=O) groups is 2. The van der Waals surface area contributed by atoms with Crippen LogP contribution in [0.1, 0.15) is 105 Å². The Morgan fingerprint density at radius 3 is 2.15 bits per heavy atom. The minimum atomic E-state index is -0.973. The van der Waals surface area contributed by atoms with E-state index in [0.717, 1.165) is 32.2 Å². The molecule has 1 aliphatic rings. The Balaban J connectivity index is 2.28. The summed E-state index contributed by atoms with van der Waals surface area (Å²) in [5.74, 6) is 0.104. The Labute approximate surface area is 166 Å². The lowest BCUT2D eigenvalue weighted by Crippen LogP contribution is -2.47. The first kappa shape index (κ1) is 23.8. The van der Waals surface area contributed by atoms with Gasteiger partial charge in [-0.2, -0.15) is 0 Å². The van der Waals surface area contributed by atoms with Crippen LogP contribution in [0.25, 0.3) is 0 Å². The van der Waals surface area contributed by atoms with Gasteiger partial charge in [0, 0.05) is 19.0 Å². The number of amides is 2. The van der Waals surface area contributed by atoms with E-state index in [-0.39, 0.29) is 22.8 Å². The minimum Gasteiger partial charge on any atom is -0.465 e. The summed E-state index contributed by atoms with van der Waals surface area (Å²) < 4.78 is 0. The molecule has 1 aliphatic carbocycles. The van der Waals surface area contributed by atoms with Gasteiger partial charge in [-0.15, -0.1) is 0 Å². The molecule has 158 valence electrons. The Morgan fingerprint density at radius 1 is 0.963 bits per heavy atom. The monoisotopic (exact) mass is 382 g/mol. The van der Waals surface area contributed by atoms with Crippen LogP contribution in [0.2, 0.25) is 0 Å². The van der Waals surface area contributed by atoms with Crippen molar-refractivity contribution in [2.45, 2.75) is 111 Å². The predicted octanol–water partition coefficient (Wildman–Crippen LogP) is 5.49. The van der Waals surface area contributed by atoms with Crippen LogP contribution >= 0.6 is 0 Å². The van der Waals surface area contributed by atoms with Crippen molar-refractivity contribution in [1.29, 1.82) is 0 Å². The molecule has 5 nitrogen and oxygen atoms in total. The molecule has 1 rings (SSSR count). The number of hydrogen-bond donors (Lipinski definition) is 3. The highest BCUT2D eigenvalue weighted by Crippen LogP contribution is 2.47. The van der Waals surface area contributed by atoms with E-state index < -0.39 is 6.09 Å². The summed E-state index contributed by atoms with van der Waals surface area (Å²) in [6, 6.07) is -0.0724. The van der Waals surface area contributed by atoms with E-state index >= 15 is 0 Å². The van der Waals surface area contributed by atoms with Gasteiger partial charge in [0.05, 0.1) is 0 Å². The molecule has 0 heterocycles. The van der Waals surface area contributed by atoms with Crippen LogP contribution in [0.4, 0.5) is 4.79 Å². The molecular formula is C22H42N2O3. The third-order valence-corrected chi connectivity index (χ3v) is 5.71. The third kappa shape index (κ3) is 10.6. The molecule has 2 unspecified atom stereocenters. The number of rotatable bonds is 12. The fourth-order valence-corrected chi connectivity index (χ4v) is 4.98. The molecule has 3 N–H and O–H groups in total. The van der Waals surface area contributed by atoms with E-state index in [9.17, 15) is 9.59 Å². The highest BCUT2D eigenvalue weighted by atomic mass is 16.4. The lowest BCUT2D eigenvalue weighted by molar-refractivity contribution is -0.124. The molecule has 1 fully saturated rings. The van der Waals surface area contributed by atoms with Crippen LogP contribution in [-0.4, -0.2) is 29.7 Å². The van der Waals surface area contributed by atoms with Crippen molar-refractivity contribution in [3.63, 3.8) is 0 Å². The second kappa shape index (κ2) is 11.6. The smallest absolute Gasteiger partial charge is 0.404 e. The average Bonchev–Trinajstić information content (AvgIpc) is 2.50. The summed E-state index contributed by atoms with van der Waals surface area (Å²) >= 11 is 0. The fraction of sp³-hybridized carbons (Fsp3) is 0.909. The lowest BCUT2D eigenvalue weighted by atomic mass is 9.61. The minimum absolute atomic E-state index is 0.0399. The van der Waals surface area contributed by atoms with Gasteiger partial charge >= 0.3 is 6.09 Å². The topological polar surface area (TPSA) is 78.4 Å². The van der Waals surface area contributed by atoms with Gasteiger partial charge in [-0.25, -0.2) is 4.79 Å². The molecule has 2 atom stereocenters. The SMILES string of the molecule is CCCCCCCCCCNC(=O)CC1(C)CC(NC(=O)O)CC(C)(C)C1. The van der Waals surface area contributed by atoms with E-state index in [1.165, 1.54) is 44.9 Å². The molecule has 5 heteroatoms. The first-order valence-electron chi connectivity index (χ1n) is 10.9. The van der Waals surface area contributed by atoms with Crippen molar-refractivity contribution in [1.82, 2.24) is 10.6 Å². The van der Waals surface area contributed by atoms with Crippen LogP contribution in [0, 0.1) is 10.8 Å². The molecule has 0 bridgehead atoms. The molecule has 1 saturated carbocycles. The Kier molecular flexibility index (Phi) is 10.2. The van der Waals surface area contributed by atoms with E-state index in [2.05, 4.69) is 38.3 Å². The van der Waals surface area contributed by atoms with Crippen molar-refractivity contribution in [2.75, 3.05) is 6.54 Å². The van der Waals surface area contributed by atoms with Crippen molar-refractivity contribution < 1.29 is 14.7 Å². The first-order valence-corrected chi connectivity index (χ1v) is 10.9. The zero-order valence-electron chi connectivity index (χ0n) is 18.0. The number of hydrogen-bond acceptors (Lipinski definition) is 2. The zero-order chi connectivity index (χ0) is 20.3. The Morgan fingerprint density at radius 2 is 1.56 bits per heavy atom. The third-order valence-electron chi connectivity index (χ3n) is 5.71. The second-order valence-electron chi connectivity index (χ2n) is 9.71. The molecule has 0 radical (unpaired) electrons. The number of nitrogens with one attached hydrogen (secondary N) is 2. The summed E-state index contributed by atoms with van der Waals surface area (Å²) in [5, 5.41) is 14.8. The molecule has 0 aromatic heterocycles. The molecule has 27 heavy (non-hydrogen) atoms. The van der Waals surface area contributed by atoms with E-state index in [1.807, 2.05) is 0 Å². The Hall–Kier alpha value is -1.26. The van der Waals surface area contributed by atoms with Gasteiger partial charge in [-0.1, -0.05) is 72.6 Å². The maximum atomic E-state index is 12.4. The van der Waals surface area contributed by atoms with E-state index in [4.69, 9.17) is 5.11 Å². The summed E-state index contributed by atoms with van der Waals surface area (Å²) in [4.78, 5) is 23.4. The fourth-order valence-electron chi connectivity index (χ4n) is 4.98. The maximum Gasteiger partial charge on any atom is 0.404 e. The van der Waals surface area contributed by atoms with Gasteiger partial charge in [-0.3, -0.25) is 4.79 Å². The molecule has 0 aromatic rings. The van der Waals surface area contributed by atoms with Crippen molar-refractivity contribution in [3.05, 3.63) is 0 Å². The average molecular weight is 383 g/mol. The molecule has 0 aliphatic heterocycles.